The maximum Gasteiger partial charge on any atom is 0.242 e. The Hall–Kier alpha value is -2.40. The molecular weight excluding hydrogens is 449 g/mol. The van der Waals surface area contributed by atoms with Gasteiger partial charge in [-0.3, -0.25) is 9.48 Å². The Labute approximate surface area is 192 Å². The van der Waals surface area contributed by atoms with Crippen LogP contribution in [0.25, 0.3) is 10.4 Å². The van der Waals surface area contributed by atoms with E-state index in [-0.39, 0.29) is 23.7 Å². The molecule has 1 aliphatic heterocycles. The molecule has 3 atom stereocenters. The van der Waals surface area contributed by atoms with Crippen molar-refractivity contribution in [1.29, 1.82) is 0 Å². The molecule has 10 heteroatoms. The fourth-order valence-electron chi connectivity index (χ4n) is 3.98. The van der Waals surface area contributed by atoms with Crippen molar-refractivity contribution in [2.24, 2.45) is 7.05 Å². The highest BCUT2D eigenvalue weighted by atomic mass is 32.2. The minimum Gasteiger partial charge on any atom is -0.325 e. The Morgan fingerprint density at radius 2 is 2.09 bits per heavy atom. The van der Waals surface area contributed by atoms with Gasteiger partial charge in [0.15, 0.2) is 11.2 Å². The van der Waals surface area contributed by atoms with Crippen molar-refractivity contribution < 1.29 is 13.4 Å². The van der Waals surface area contributed by atoms with Crippen LogP contribution >= 0.6 is 11.3 Å². The number of carbonyl (C=O) groups excluding carboxylic acids is 1. The van der Waals surface area contributed by atoms with Gasteiger partial charge in [0.2, 0.25) is 5.91 Å². The Morgan fingerprint density at radius 1 is 1.28 bits per heavy atom. The summed E-state index contributed by atoms with van der Waals surface area (Å²) in [6, 6.07) is 7.93. The van der Waals surface area contributed by atoms with Gasteiger partial charge in [-0.15, -0.1) is 11.3 Å². The second-order valence-electron chi connectivity index (χ2n) is 8.32. The van der Waals surface area contributed by atoms with Crippen LogP contribution in [0.15, 0.2) is 42.7 Å². The Balaban J connectivity index is 1.33. The average Bonchev–Trinajstić information content (AvgIpc) is 3.32. The summed E-state index contributed by atoms with van der Waals surface area (Å²) in [6.45, 7) is 0. The second-order valence-corrected chi connectivity index (χ2v) is 10.7. The molecule has 1 aromatic carbocycles. The lowest BCUT2D eigenvalue weighted by atomic mass is 10.0. The molecule has 0 radical (unpaired) electrons. The van der Waals surface area contributed by atoms with Crippen LogP contribution in [0.4, 0.5) is 10.1 Å². The van der Waals surface area contributed by atoms with Crippen LogP contribution < -0.4 is 10.0 Å². The molecule has 2 aliphatic rings. The van der Waals surface area contributed by atoms with Gasteiger partial charge in [-0.2, -0.15) is 5.10 Å². The van der Waals surface area contributed by atoms with Gasteiger partial charge >= 0.3 is 0 Å². The summed E-state index contributed by atoms with van der Waals surface area (Å²) in [4.78, 5) is 15.2. The number of carbonyl (C=O) groups is 1. The van der Waals surface area contributed by atoms with Crippen molar-refractivity contribution in [3.8, 4) is 10.4 Å². The molecule has 1 saturated heterocycles. The molecule has 2 N–H and O–H groups in total. The number of amides is 1. The Kier molecular flexibility index (Phi) is 5.70. The lowest BCUT2D eigenvalue weighted by Crippen LogP contribution is -2.52. The molecule has 1 amide bonds. The number of nitrogens with one attached hydrogen (secondary N) is 2. The number of aromatic nitrogens is 2. The van der Waals surface area contributed by atoms with Crippen molar-refractivity contribution in [2.75, 3.05) is 12.4 Å². The predicted octanol–water partition coefficient (Wildman–Crippen LogP) is 3.72. The van der Waals surface area contributed by atoms with E-state index in [9.17, 15) is 13.4 Å². The summed E-state index contributed by atoms with van der Waals surface area (Å²) < 4.78 is 33.2. The van der Waals surface area contributed by atoms with Crippen molar-refractivity contribution in [3.63, 3.8) is 0 Å². The van der Waals surface area contributed by atoms with E-state index in [1.165, 1.54) is 10.4 Å². The molecule has 3 heterocycles. The number of aryl methyl sites for hydroxylation is 1. The molecule has 7 nitrogen and oxygen atoms in total. The third kappa shape index (κ3) is 4.27. The number of hydrogen-bond donors (Lipinski definition) is 2. The van der Waals surface area contributed by atoms with E-state index in [0.717, 1.165) is 28.2 Å². The summed E-state index contributed by atoms with van der Waals surface area (Å²) in [5, 5.41) is 7.12. The lowest BCUT2D eigenvalue weighted by molar-refractivity contribution is -0.120. The molecule has 168 valence electrons. The van der Waals surface area contributed by atoms with E-state index in [2.05, 4.69) is 15.1 Å². The van der Waals surface area contributed by atoms with Gasteiger partial charge in [-0.1, -0.05) is 0 Å². The maximum atomic E-state index is 14.1. The van der Waals surface area contributed by atoms with Crippen molar-refractivity contribution in [1.82, 2.24) is 18.8 Å². The van der Waals surface area contributed by atoms with E-state index in [0.29, 0.717) is 17.7 Å². The molecule has 3 aromatic rings. The minimum atomic E-state index is -1.51. The first-order valence-corrected chi connectivity index (χ1v) is 12.4. The van der Waals surface area contributed by atoms with Crippen LogP contribution in [0.2, 0.25) is 0 Å². The average molecular weight is 474 g/mol. The molecule has 5 rings (SSSR count). The first-order valence-electron chi connectivity index (χ1n) is 10.5. The van der Waals surface area contributed by atoms with Gasteiger partial charge in [0.25, 0.3) is 0 Å². The largest absolute Gasteiger partial charge is 0.325 e. The van der Waals surface area contributed by atoms with E-state index in [1.807, 2.05) is 31.6 Å². The Morgan fingerprint density at radius 3 is 2.81 bits per heavy atom. The second kappa shape index (κ2) is 8.51. The van der Waals surface area contributed by atoms with Crippen molar-refractivity contribution >= 4 is 34.1 Å². The summed E-state index contributed by atoms with van der Waals surface area (Å²) >= 11 is 0.0904. The minimum absolute atomic E-state index is 0.214. The molecule has 2 fully saturated rings. The van der Waals surface area contributed by atoms with Gasteiger partial charge < -0.3 is 5.32 Å². The summed E-state index contributed by atoms with van der Waals surface area (Å²) in [5.74, 6) is -0.226. The zero-order valence-electron chi connectivity index (χ0n) is 17.7. The summed E-state index contributed by atoms with van der Waals surface area (Å²) in [7, 11) is 3.54. The van der Waals surface area contributed by atoms with E-state index in [1.54, 1.807) is 35.2 Å². The zero-order chi connectivity index (χ0) is 22.4. The molecule has 0 spiro atoms. The molecule has 0 bridgehead atoms. The first-order chi connectivity index (χ1) is 15.4. The highest BCUT2D eigenvalue weighted by molar-refractivity contribution is 7.80. The van der Waals surface area contributed by atoms with Gasteiger partial charge in [0, 0.05) is 41.3 Å². The third-order valence-corrected chi connectivity index (χ3v) is 8.46. The number of likely N-dealkylation sites (N-methyl/N-ethyl adjacent to an activating group) is 1. The normalized spacial score (nSPS) is 23.9. The predicted molar refractivity (Wildman–Crippen MR) is 124 cm³/mol. The smallest absolute Gasteiger partial charge is 0.242 e. The number of rotatable bonds is 5. The topological polar surface area (TPSA) is 79.3 Å². The lowest BCUT2D eigenvalue weighted by Gasteiger charge is -2.35. The van der Waals surface area contributed by atoms with Gasteiger partial charge in [-0.05, 0) is 61.1 Å². The number of benzene rings is 1. The number of nitrogens with zero attached hydrogens (tertiary/aromatic N) is 3. The van der Waals surface area contributed by atoms with Crippen LogP contribution in [0.5, 0.6) is 0 Å². The summed E-state index contributed by atoms with van der Waals surface area (Å²) in [5.41, 5.74) is 2.25. The van der Waals surface area contributed by atoms with Crippen LogP contribution in [-0.2, 0) is 23.0 Å². The van der Waals surface area contributed by atoms with Gasteiger partial charge in [-0.25, -0.2) is 17.6 Å². The number of halogens is 1. The first kappa shape index (κ1) is 21.4. The van der Waals surface area contributed by atoms with Gasteiger partial charge in [0.1, 0.15) is 11.9 Å². The van der Waals surface area contributed by atoms with Crippen molar-refractivity contribution in [3.05, 3.63) is 59.0 Å². The van der Waals surface area contributed by atoms with Crippen LogP contribution in [0.3, 0.4) is 0 Å². The molecule has 2 aromatic heterocycles. The zero-order valence-corrected chi connectivity index (χ0v) is 19.4. The standard InChI is InChI=1S/C22H24FN5O2S2/c1-27-12-14(11-24-27)20-7-8-21(31-20)18-10-19(28(2)32(30)26-18)22(29)25-15-5-6-17(23)16(9-15)13-3-4-13/h5-9,11-13,18-19,26H,3-4,10H2,1-2H3,(H,25,29). The fraction of sp³-hybridized carbons (Fsp3) is 0.364. The van der Waals surface area contributed by atoms with Crippen molar-refractivity contribution in [2.45, 2.75) is 37.3 Å². The highest BCUT2D eigenvalue weighted by Crippen LogP contribution is 2.42. The number of anilines is 1. The highest BCUT2D eigenvalue weighted by Gasteiger charge is 2.37. The molecule has 32 heavy (non-hydrogen) atoms. The number of thiophene rings is 1. The van der Waals surface area contributed by atoms with Gasteiger partial charge in [0.05, 0.1) is 12.2 Å². The molecule has 1 aliphatic carbocycles. The third-order valence-electron chi connectivity index (χ3n) is 5.95. The van der Waals surface area contributed by atoms with Crippen LogP contribution in [0.1, 0.15) is 41.7 Å². The molecule has 3 unspecified atom stereocenters. The van der Waals surface area contributed by atoms with Crippen LogP contribution in [0, 0.1) is 5.82 Å². The molecule has 1 saturated carbocycles. The van der Waals surface area contributed by atoms with E-state index >= 15 is 0 Å². The monoisotopic (exact) mass is 473 g/mol. The number of hydrogen-bond acceptors (Lipinski definition) is 4. The van der Waals surface area contributed by atoms with Crippen LogP contribution in [-0.4, -0.2) is 37.3 Å². The van der Waals surface area contributed by atoms with E-state index in [4.69, 9.17) is 0 Å². The SMILES string of the molecule is CN1C(C(=O)Nc2ccc(F)c(C3CC3)c2)CC(c2ccc(-c3cnn(C)c3)s2)NS1=O. The maximum absolute atomic E-state index is 14.1. The summed E-state index contributed by atoms with van der Waals surface area (Å²) in [6.07, 6.45) is 6.19. The Bertz CT molecular complexity index is 1190. The fourth-order valence-corrected chi connectivity index (χ4v) is 6.15. The quantitative estimate of drug-likeness (QED) is 0.593. The molecular formula is C22H24FN5O2S2. The van der Waals surface area contributed by atoms with E-state index < -0.39 is 17.2 Å².